The van der Waals surface area contributed by atoms with Crippen molar-refractivity contribution in [1.29, 1.82) is 0 Å². The molecule has 0 bridgehead atoms. The monoisotopic (exact) mass is 367 g/mol. The molecule has 1 aromatic heterocycles. The number of halogens is 2. The van der Waals surface area contributed by atoms with Crippen LogP contribution in [0.4, 0.5) is 20.2 Å². The molecule has 9 heteroatoms. The van der Waals surface area contributed by atoms with Crippen molar-refractivity contribution in [3.8, 4) is 0 Å². The second-order valence-electron chi connectivity index (χ2n) is 5.52. The van der Waals surface area contributed by atoms with Crippen LogP contribution in [0.1, 0.15) is 41.4 Å². The first-order valence-electron chi connectivity index (χ1n) is 7.59. The second kappa shape index (κ2) is 7.24. The summed E-state index contributed by atoms with van der Waals surface area (Å²) in [7, 11) is 0. The van der Waals surface area contributed by atoms with Crippen LogP contribution in [0.3, 0.4) is 0 Å². The Morgan fingerprint density at radius 2 is 1.92 bits per heavy atom. The van der Waals surface area contributed by atoms with Gasteiger partial charge >= 0.3 is 0 Å². The minimum atomic E-state index is -1.14. The molecule has 25 heavy (non-hydrogen) atoms. The molecule has 2 heterocycles. The molecule has 1 saturated heterocycles. The molecule has 0 radical (unpaired) electrons. The molecule has 2 amide bonds. The van der Waals surface area contributed by atoms with Crippen LogP contribution in [0.5, 0.6) is 0 Å². The highest BCUT2D eigenvalue weighted by molar-refractivity contribution is 7.09. The van der Waals surface area contributed by atoms with E-state index in [9.17, 15) is 18.4 Å². The van der Waals surface area contributed by atoms with E-state index in [0.29, 0.717) is 11.6 Å². The van der Waals surface area contributed by atoms with Gasteiger partial charge in [-0.15, -0.1) is 11.3 Å². The summed E-state index contributed by atoms with van der Waals surface area (Å²) in [4.78, 5) is 27.8. The first kappa shape index (κ1) is 17.4. The molecule has 0 saturated carbocycles. The fourth-order valence-corrected chi connectivity index (χ4v) is 3.32. The summed E-state index contributed by atoms with van der Waals surface area (Å²) in [6.07, 6.45) is 1.69. The number of carbonyl (C=O) groups excluding carboxylic acids is 2. The van der Waals surface area contributed by atoms with Gasteiger partial charge in [-0.3, -0.25) is 9.59 Å². The number of hydrogen-bond acceptors (Lipinski definition) is 5. The number of nitrogens with one attached hydrogen (secondary N) is 2. The van der Waals surface area contributed by atoms with Gasteiger partial charge in [0.2, 0.25) is 5.91 Å². The number of hydrogen-bond donors (Lipinski definition) is 2. The molecular weight excluding hydrogens is 352 g/mol. The van der Waals surface area contributed by atoms with Gasteiger partial charge in [0.05, 0.1) is 11.4 Å². The third kappa shape index (κ3) is 3.99. The van der Waals surface area contributed by atoms with Crippen LogP contribution in [0, 0.1) is 11.6 Å². The Morgan fingerprint density at radius 3 is 2.52 bits per heavy atom. The summed E-state index contributed by atoms with van der Waals surface area (Å²) in [6, 6.07) is 1.62. The number of aromatic nitrogens is 1. The van der Waals surface area contributed by atoms with E-state index in [-0.39, 0.29) is 23.2 Å². The van der Waals surface area contributed by atoms with Crippen LogP contribution in [-0.2, 0) is 9.53 Å². The average Bonchev–Trinajstić information content (AvgIpc) is 3.22. The Kier molecular flexibility index (Phi) is 5.05. The first-order valence-corrected chi connectivity index (χ1v) is 8.47. The van der Waals surface area contributed by atoms with Crippen molar-refractivity contribution in [3.05, 3.63) is 39.8 Å². The van der Waals surface area contributed by atoms with Crippen LogP contribution >= 0.6 is 11.3 Å². The molecule has 6 nitrogen and oxygen atoms in total. The van der Waals surface area contributed by atoms with E-state index < -0.39 is 23.4 Å². The lowest BCUT2D eigenvalue weighted by Gasteiger charge is -2.11. The molecule has 0 aliphatic carbocycles. The number of anilines is 2. The summed E-state index contributed by atoms with van der Waals surface area (Å²) in [6.45, 7) is 1.89. The Balaban J connectivity index is 1.80. The zero-order valence-corrected chi connectivity index (χ0v) is 14.1. The highest BCUT2D eigenvalue weighted by Crippen LogP contribution is 2.31. The predicted molar refractivity (Wildman–Crippen MR) is 88.7 cm³/mol. The quantitative estimate of drug-likeness (QED) is 0.867. The van der Waals surface area contributed by atoms with Crippen molar-refractivity contribution in [2.75, 3.05) is 17.2 Å². The minimum absolute atomic E-state index is 0.0330. The molecule has 2 N–H and O–H groups in total. The summed E-state index contributed by atoms with van der Waals surface area (Å²) >= 11 is 1.31. The first-order chi connectivity index (χ1) is 11.9. The van der Waals surface area contributed by atoms with Crippen molar-refractivity contribution < 1.29 is 23.1 Å². The maximum Gasteiger partial charge on any atom is 0.275 e. The summed E-state index contributed by atoms with van der Waals surface area (Å²) < 4.78 is 32.4. The van der Waals surface area contributed by atoms with E-state index in [1.165, 1.54) is 18.3 Å². The smallest absolute Gasteiger partial charge is 0.275 e. The lowest BCUT2D eigenvalue weighted by molar-refractivity contribution is -0.114. The van der Waals surface area contributed by atoms with E-state index >= 15 is 0 Å². The maximum absolute atomic E-state index is 13.5. The highest BCUT2D eigenvalue weighted by Gasteiger charge is 2.23. The molecular formula is C16H15F2N3O3S. The Labute approximate surface area is 146 Å². The normalized spacial score (nSPS) is 16.7. The minimum Gasteiger partial charge on any atom is -0.371 e. The van der Waals surface area contributed by atoms with Crippen LogP contribution in [0.15, 0.2) is 17.5 Å². The van der Waals surface area contributed by atoms with Crippen molar-refractivity contribution in [2.45, 2.75) is 25.9 Å². The van der Waals surface area contributed by atoms with Gasteiger partial charge in [0.1, 0.15) is 16.8 Å². The van der Waals surface area contributed by atoms with Crippen molar-refractivity contribution in [2.24, 2.45) is 0 Å². The van der Waals surface area contributed by atoms with Crippen LogP contribution < -0.4 is 10.6 Å². The molecule has 2 aromatic rings. The number of ether oxygens (including phenoxy) is 1. The number of thiazole rings is 1. The van der Waals surface area contributed by atoms with Crippen molar-refractivity contribution >= 4 is 34.5 Å². The predicted octanol–water partition coefficient (Wildman–Crippen LogP) is 3.48. The Bertz CT molecular complexity index is 819. The second-order valence-corrected chi connectivity index (χ2v) is 6.41. The van der Waals surface area contributed by atoms with Crippen LogP contribution in [0.2, 0.25) is 0 Å². The number of amides is 2. The molecule has 1 aromatic carbocycles. The van der Waals surface area contributed by atoms with E-state index in [1.807, 2.05) is 0 Å². The largest absolute Gasteiger partial charge is 0.371 e. The fraction of sp³-hybridized carbons (Fsp3) is 0.312. The average molecular weight is 367 g/mol. The van der Waals surface area contributed by atoms with E-state index in [0.717, 1.165) is 25.0 Å². The Morgan fingerprint density at radius 1 is 1.24 bits per heavy atom. The molecule has 1 unspecified atom stereocenters. The molecule has 132 valence electrons. The maximum atomic E-state index is 13.5. The fourth-order valence-electron chi connectivity index (χ4n) is 2.44. The van der Waals surface area contributed by atoms with E-state index in [4.69, 9.17) is 4.74 Å². The van der Waals surface area contributed by atoms with Crippen LogP contribution in [0.25, 0.3) is 0 Å². The highest BCUT2D eigenvalue weighted by atomic mass is 32.1. The van der Waals surface area contributed by atoms with Gasteiger partial charge in [0.25, 0.3) is 5.91 Å². The molecule has 1 aliphatic heterocycles. The van der Waals surface area contributed by atoms with Gasteiger partial charge in [-0.1, -0.05) is 0 Å². The van der Waals surface area contributed by atoms with Gasteiger partial charge in [0.15, 0.2) is 11.6 Å². The lowest BCUT2D eigenvalue weighted by atomic mass is 10.2. The van der Waals surface area contributed by atoms with Gasteiger partial charge in [-0.2, -0.15) is 0 Å². The number of nitrogens with zero attached hydrogens (tertiary/aromatic N) is 1. The third-order valence-corrected chi connectivity index (χ3v) is 4.52. The molecule has 3 rings (SSSR count). The Hall–Kier alpha value is -2.39. The summed E-state index contributed by atoms with van der Waals surface area (Å²) in [5, 5.41) is 7.07. The number of carbonyl (C=O) groups is 2. The molecule has 1 atom stereocenters. The van der Waals surface area contributed by atoms with Crippen LogP contribution in [-0.4, -0.2) is 23.4 Å². The SMILES string of the molecule is CC(=O)Nc1cc(F)c(F)cc1NC(=O)c1csc(C2CCCO2)n1. The van der Waals surface area contributed by atoms with Gasteiger partial charge < -0.3 is 15.4 Å². The lowest BCUT2D eigenvalue weighted by Crippen LogP contribution is -2.16. The molecule has 1 fully saturated rings. The van der Waals surface area contributed by atoms with Gasteiger partial charge in [0, 0.05) is 31.0 Å². The van der Waals surface area contributed by atoms with E-state index in [1.54, 1.807) is 5.38 Å². The van der Waals surface area contributed by atoms with Crippen molar-refractivity contribution in [3.63, 3.8) is 0 Å². The number of benzene rings is 1. The summed E-state index contributed by atoms with van der Waals surface area (Å²) in [5.41, 5.74) is 0.0640. The zero-order valence-electron chi connectivity index (χ0n) is 13.3. The van der Waals surface area contributed by atoms with Gasteiger partial charge in [-0.25, -0.2) is 13.8 Å². The van der Waals surface area contributed by atoms with E-state index in [2.05, 4.69) is 15.6 Å². The van der Waals surface area contributed by atoms with Crippen molar-refractivity contribution in [1.82, 2.24) is 4.98 Å². The summed E-state index contributed by atoms with van der Waals surface area (Å²) in [5.74, 6) is -3.33. The molecule has 0 spiro atoms. The number of rotatable bonds is 4. The molecule has 1 aliphatic rings. The topological polar surface area (TPSA) is 80.3 Å². The van der Waals surface area contributed by atoms with Gasteiger partial charge in [-0.05, 0) is 12.8 Å². The third-order valence-electron chi connectivity index (χ3n) is 3.58. The zero-order chi connectivity index (χ0) is 18.0. The standard InChI is InChI=1S/C16H15F2N3O3S/c1-8(22)19-11-5-9(17)10(18)6-12(11)20-15(23)13-7-25-16(21-13)14-3-2-4-24-14/h5-7,14H,2-4H2,1H3,(H,19,22)(H,20,23).